The van der Waals surface area contributed by atoms with E-state index in [4.69, 9.17) is 9.29 Å². The summed E-state index contributed by atoms with van der Waals surface area (Å²) in [6, 6.07) is 6.94. The van der Waals surface area contributed by atoms with E-state index in [-0.39, 0.29) is 5.97 Å². The van der Waals surface area contributed by atoms with E-state index in [0.717, 1.165) is 16.7 Å². The Balaban J connectivity index is 2.39. The van der Waals surface area contributed by atoms with E-state index in [9.17, 15) is 9.00 Å². The molecule has 0 amide bonds. The summed E-state index contributed by atoms with van der Waals surface area (Å²) in [7, 11) is 1.35. The summed E-state index contributed by atoms with van der Waals surface area (Å²) in [6.07, 6.45) is 0. The largest absolute Gasteiger partial charge is 0.465 e. The number of carbonyl (C=O) groups is 1. The lowest BCUT2D eigenvalue weighted by Gasteiger charge is -2.06. The third-order valence-corrected chi connectivity index (χ3v) is 4.21. The van der Waals surface area contributed by atoms with Crippen molar-refractivity contribution >= 4 is 34.3 Å². The van der Waals surface area contributed by atoms with Gasteiger partial charge in [-0.05, 0) is 35.6 Å². The van der Waals surface area contributed by atoms with Crippen LogP contribution in [0.4, 0.5) is 5.69 Å². The van der Waals surface area contributed by atoms with Gasteiger partial charge in [-0.3, -0.25) is 9.27 Å². The number of thiophene rings is 1. The zero-order chi connectivity index (χ0) is 14.7. The van der Waals surface area contributed by atoms with Crippen LogP contribution in [0.1, 0.15) is 15.2 Å². The number of carbonyl (C=O) groups excluding carboxylic acids is 1. The molecular formula is C13H13NO4S2. The Bertz CT molecular complexity index is 649. The second-order valence-corrected chi connectivity index (χ2v) is 5.63. The smallest absolute Gasteiger partial charge is 0.348 e. The number of ether oxygens (including phenoxy) is 1. The summed E-state index contributed by atoms with van der Waals surface area (Å²) >= 11 is -0.760. The van der Waals surface area contributed by atoms with Gasteiger partial charge >= 0.3 is 5.97 Å². The molecule has 0 saturated heterocycles. The Hall–Kier alpha value is -1.70. The van der Waals surface area contributed by atoms with Gasteiger partial charge in [0, 0.05) is 11.3 Å². The zero-order valence-electron chi connectivity index (χ0n) is 10.9. The topological polar surface area (TPSA) is 75.6 Å². The van der Waals surface area contributed by atoms with Crippen LogP contribution in [0.5, 0.6) is 0 Å². The van der Waals surface area contributed by atoms with Crippen LogP contribution < -0.4 is 4.72 Å². The van der Waals surface area contributed by atoms with Crippen molar-refractivity contribution in [2.24, 2.45) is 0 Å². The molecule has 0 aliphatic heterocycles. The Kier molecular flexibility index (Phi) is 4.53. The normalized spacial score (nSPS) is 11.9. The number of benzene rings is 1. The molecule has 20 heavy (non-hydrogen) atoms. The highest BCUT2D eigenvalue weighted by molar-refractivity contribution is 7.80. The van der Waals surface area contributed by atoms with Crippen molar-refractivity contribution in [3.63, 3.8) is 0 Å². The standard InChI is InChI=1S/C13H13NO4S2/c1-8-7-19-12(13(15)18-2)11(8)9-3-5-10(6-4-9)14-20(16)17/h3-7,14H,1-2H3,(H,16,17). The molecule has 0 spiro atoms. The molecule has 7 heteroatoms. The summed E-state index contributed by atoms with van der Waals surface area (Å²) in [5.74, 6) is -0.364. The first kappa shape index (κ1) is 14.7. The van der Waals surface area contributed by atoms with Gasteiger partial charge in [-0.25, -0.2) is 9.00 Å². The van der Waals surface area contributed by atoms with Crippen LogP contribution in [0, 0.1) is 6.92 Å². The van der Waals surface area contributed by atoms with Gasteiger partial charge < -0.3 is 4.74 Å². The van der Waals surface area contributed by atoms with Gasteiger partial charge in [-0.2, -0.15) is 0 Å². The number of esters is 1. The first-order valence-electron chi connectivity index (χ1n) is 5.67. The van der Waals surface area contributed by atoms with Gasteiger partial charge in [-0.1, -0.05) is 12.1 Å². The molecule has 0 aliphatic carbocycles. The van der Waals surface area contributed by atoms with Crippen LogP contribution in [0.3, 0.4) is 0 Å². The molecule has 0 radical (unpaired) electrons. The number of hydrogen-bond donors (Lipinski definition) is 2. The van der Waals surface area contributed by atoms with Crippen LogP contribution in [-0.2, 0) is 16.0 Å². The lowest BCUT2D eigenvalue weighted by molar-refractivity contribution is 0.0607. The van der Waals surface area contributed by atoms with Crippen molar-refractivity contribution in [1.29, 1.82) is 0 Å². The third-order valence-electron chi connectivity index (χ3n) is 2.72. The lowest BCUT2D eigenvalue weighted by Crippen LogP contribution is -2.02. The van der Waals surface area contributed by atoms with Crippen LogP contribution in [0.2, 0.25) is 0 Å². The van der Waals surface area contributed by atoms with Crippen molar-refractivity contribution in [2.75, 3.05) is 11.8 Å². The molecule has 106 valence electrons. The van der Waals surface area contributed by atoms with E-state index in [2.05, 4.69) is 4.72 Å². The van der Waals surface area contributed by atoms with E-state index < -0.39 is 11.3 Å². The lowest BCUT2D eigenvalue weighted by atomic mass is 10.0. The number of anilines is 1. The number of nitrogens with one attached hydrogen (secondary N) is 1. The first-order valence-corrected chi connectivity index (χ1v) is 7.66. The fraction of sp³-hybridized carbons (Fsp3) is 0.154. The summed E-state index contributed by atoms with van der Waals surface area (Å²) in [4.78, 5) is 12.3. The highest BCUT2D eigenvalue weighted by Crippen LogP contribution is 2.33. The highest BCUT2D eigenvalue weighted by atomic mass is 32.2. The van der Waals surface area contributed by atoms with Crippen molar-refractivity contribution in [1.82, 2.24) is 0 Å². The molecule has 1 heterocycles. The average Bonchev–Trinajstić information content (AvgIpc) is 2.80. The molecule has 5 nitrogen and oxygen atoms in total. The van der Waals surface area contributed by atoms with Gasteiger partial charge in [-0.15, -0.1) is 11.3 Å². The minimum atomic E-state index is -2.10. The maximum Gasteiger partial charge on any atom is 0.348 e. The molecule has 1 aromatic carbocycles. The summed E-state index contributed by atoms with van der Waals surface area (Å²) < 4.78 is 26.6. The molecule has 0 saturated carbocycles. The van der Waals surface area contributed by atoms with E-state index in [1.165, 1.54) is 18.4 Å². The Morgan fingerprint density at radius 3 is 2.55 bits per heavy atom. The first-order chi connectivity index (χ1) is 9.52. The van der Waals surface area contributed by atoms with E-state index in [0.29, 0.717) is 10.6 Å². The number of methoxy groups -OCH3 is 1. The molecule has 1 unspecified atom stereocenters. The van der Waals surface area contributed by atoms with Gasteiger partial charge in [0.05, 0.1) is 7.11 Å². The predicted molar refractivity (Wildman–Crippen MR) is 80.2 cm³/mol. The molecular weight excluding hydrogens is 298 g/mol. The van der Waals surface area contributed by atoms with Crippen molar-refractivity contribution in [3.8, 4) is 11.1 Å². The maximum absolute atomic E-state index is 11.7. The van der Waals surface area contributed by atoms with Crippen LogP contribution in [0.25, 0.3) is 11.1 Å². The SMILES string of the molecule is COC(=O)c1scc(C)c1-c1ccc(NS(=O)O)cc1. The van der Waals surface area contributed by atoms with E-state index >= 15 is 0 Å². The van der Waals surface area contributed by atoms with Crippen LogP contribution in [-0.4, -0.2) is 21.8 Å². The predicted octanol–water partition coefficient (Wildman–Crippen LogP) is 3.06. The summed E-state index contributed by atoms with van der Waals surface area (Å²) in [6.45, 7) is 1.92. The fourth-order valence-corrected chi connectivity index (χ4v) is 3.18. The highest BCUT2D eigenvalue weighted by Gasteiger charge is 2.17. The molecule has 1 aromatic heterocycles. The minimum absolute atomic E-state index is 0.364. The quantitative estimate of drug-likeness (QED) is 0.672. The number of rotatable bonds is 4. The molecule has 2 aromatic rings. The summed E-state index contributed by atoms with van der Waals surface area (Å²) in [5.41, 5.74) is 3.21. The molecule has 0 aliphatic rings. The second-order valence-electron chi connectivity index (χ2n) is 4.04. The zero-order valence-corrected chi connectivity index (χ0v) is 12.5. The fourth-order valence-electron chi connectivity index (χ4n) is 1.85. The Morgan fingerprint density at radius 1 is 1.35 bits per heavy atom. The number of hydrogen-bond acceptors (Lipinski definition) is 4. The molecule has 2 rings (SSSR count). The monoisotopic (exact) mass is 311 g/mol. The molecule has 0 bridgehead atoms. The maximum atomic E-state index is 11.7. The number of aryl methyl sites for hydroxylation is 1. The second kappa shape index (κ2) is 6.17. The molecule has 0 fully saturated rings. The molecule has 1 atom stereocenters. The van der Waals surface area contributed by atoms with E-state index in [1.54, 1.807) is 24.3 Å². The van der Waals surface area contributed by atoms with Gasteiger partial charge in [0.1, 0.15) is 4.88 Å². The van der Waals surface area contributed by atoms with Crippen molar-refractivity contribution < 1.29 is 18.3 Å². The van der Waals surface area contributed by atoms with Crippen molar-refractivity contribution in [3.05, 3.63) is 40.1 Å². The Labute approximate surface area is 123 Å². The average molecular weight is 311 g/mol. The third kappa shape index (κ3) is 3.06. The summed E-state index contributed by atoms with van der Waals surface area (Å²) in [5, 5.41) is 1.90. The van der Waals surface area contributed by atoms with Gasteiger partial charge in [0.15, 0.2) is 0 Å². The van der Waals surface area contributed by atoms with Crippen molar-refractivity contribution in [2.45, 2.75) is 6.92 Å². The van der Waals surface area contributed by atoms with Gasteiger partial charge in [0.2, 0.25) is 0 Å². The Morgan fingerprint density at radius 2 is 2.00 bits per heavy atom. The van der Waals surface area contributed by atoms with Crippen LogP contribution in [0.15, 0.2) is 29.6 Å². The van der Waals surface area contributed by atoms with Crippen LogP contribution >= 0.6 is 11.3 Å². The van der Waals surface area contributed by atoms with Gasteiger partial charge in [0.25, 0.3) is 11.3 Å². The minimum Gasteiger partial charge on any atom is -0.465 e. The van der Waals surface area contributed by atoms with E-state index in [1.807, 2.05) is 12.3 Å². The molecule has 2 N–H and O–H groups in total.